The van der Waals surface area contributed by atoms with Crippen LogP contribution < -0.4 is 5.73 Å². The third-order valence-electron chi connectivity index (χ3n) is 2.71. The lowest BCUT2D eigenvalue weighted by atomic mass is 10.2. The summed E-state index contributed by atoms with van der Waals surface area (Å²) in [6.07, 6.45) is -3.88. The van der Waals surface area contributed by atoms with E-state index in [-0.39, 0.29) is 22.9 Å². The highest BCUT2D eigenvalue weighted by atomic mass is 19.4. The van der Waals surface area contributed by atoms with Crippen LogP contribution in [0.4, 0.5) is 19.0 Å². The van der Waals surface area contributed by atoms with Crippen LogP contribution >= 0.6 is 0 Å². The molecule has 1 atom stereocenters. The van der Waals surface area contributed by atoms with E-state index in [1.54, 1.807) is 6.92 Å². The van der Waals surface area contributed by atoms with Crippen molar-refractivity contribution in [3.8, 4) is 0 Å². The van der Waals surface area contributed by atoms with Gasteiger partial charge >= 0.3 is 6.18 Å². The first-order chi connectivity index (χ1) is 7.86. The Morgan fingerprint density at radius 2 is 2.12 bits per heavy atom. The van der Waals surface area contributed by atoms with Crippen molar-refractivity contribution in [3.05, 3.63) is 5.69 Å². The molecule has 0 aromatic carbocycles. The fourth-order valence-corrected chi connectivity index (χ4v) is 1.63. The molecule has 5 nitrogen and oxygen atoms in total. The Bertz CT molecular complexity index is 539. The van der Waals surface area contributed by atoms with E-state index in [9.17, 15) is 13.2 Å². The van der Waals surface area contributed by atoms with Crippen molar-refractivity contribution in [2.75, 3.05) is 5.73 Å². The average molecular weight is 247 g/mol. The van der Waals surface area contributed by atoms with Gasteiger partial charge in [0.15, 0.2) is 11.3 Å². The zero-order chi connectivity index (χ0) is 12.8. The minimum atomic E-state index is -4.53. The van der Waals surface area contributed by atoms with Crippen molar-refractivity contribution in [2.24, 2.45) is 0 Å². The van der Waals surface area contributed by atoms with E-state index in [0.717, 1.165) is 0 Å². The number of rotatable bonds is 2. The number of fused-ring (bicyclic) bond motifs is 1. The highest BCUT2D eigenvalue weighted by molar-refractivity contribution is 5.89. The van der Waals surface area contributed by atoms with Crippen LogP contribution in [0.5, 0.6) is 0 Å². The highest BCUT2D eigenvalue weighted by Crippen LogP contribution is 2.36. The van der Waals surface area contributed by atoms with Crippen molar-refractivity contribution in [1.29, 1.82) is 0 Å². The Morgan fingerprint density at radius 3 is 2.65 bits per heavy atom. The van der Waals surface area contributed by atoms with E-state index in [1.165, 1.54) is 4.68 Å². The first-order valence-electron chi connectivity index (χ1n) is 5.15. The molecule has 2 rings (SSSR count). The van der Waals surface area contributed by atoms with Gasteiger partial charge in [0.1, 0.15) is 5.82 Å². The number of hydrogen-bond donors (Lipinski definition) is 2. The third kappa shape index (κ3) is 1.73. The summed E-state index contributed by atoms with van der Waals surface area (Å²) in [5, 5.41) is 9.55. The van der Waals surface area contributed by atoms with E-state index in [4.69, 9.17) is 5.73 Å². The molecule has 2 heterocycles. The number of aromatic amines is 1. The van der Waals surface area contributed by atoms with Crippen LogP contribution in [-0.4, -0.2) is 20.0 Å². The number of H-pyrrole nitrogens is 1. The molecule has 3 N–H and O–H groups in total. The van der Waals surface area contributed by atoms with E-state index in [2.05, 4.69) is 15.3 Å². The lowest BCUT2D eigenvalue weighted by Crippen LogP contribution is -2.11. The fourth-order valence-electron chi connectivity index (χ4n) is 1.63. The molecule has 0 spiro atoms. The Balaban J connectivity index is 2.73. The Morgan fingerprint density at radius 1 is 1.47 bits per heavy atom. The zero-order valence-corrected chi connectivity index (χ0v) is 9.34. The van der Waals surface area contributed by atoms with Gasteiger partial charge < -0.3 is 5.73 Å². The van der Waals surface area contributed by atoms with E-state index >= 15 is 0 Å². The molecular weight excluding hydrogens is 235 g/mol. The highest BCUT2D eigenvalue weighted by Gasteiger charge is 2.39. The van der Waals surface area contributed by atoms with Crippen molar-refractivity contribution in [1.82, 2.24) is 20.0 Å². The number of nitrogens with two attached hydrogens (primary N) is 1. The van der Waals surface area contributed by atoms with Gasteiger partial charge in [0.05, 0.1) is 11.4 Å². The lowest BCUT2D eigenvalue weighted by Gasteiger charge is -2.09. The summed E-state index contributed by atoms with van der Waals surface area (Å²) in [4.78, 5) is 0. The largest absolute Gasteiger partial charge is 0.435 e. The molecule has 17 heavy (non-hydrogen) atoms. The summed E-state index contributed by atoms with van der Waals surface area (Å²) < 4.78 is 39.6. The van der Waals surface area contributed by atoms with Gasteiger partial charge in [0.2, 0.25) is 0 Å². The minimum Gasteiger partial charge on any atom is -0.383 e. The summed E-state index contributed by atoms with van der Waals surface area (Å²) in [5.41, 5.74) is 4.61. The second-order valence-corrected chi connectivity index (χ2v) is 3.88. The van der Waals surface area contributed by atoms with Crippen molar-refractivity contribution < 1.29 is 13.2 Å². The first-order valence-corrected chi connectivity index (χ1v) is 5.15. The van der Waals surface area contributed by atoms with E-state index in [1.807, 2.05) is 6.92 Å². The van der Waals surface area contributed by atoms with Crippen molar-refractivity contribution in [2.45, 2.75) is 32.5 Å². The molecule has 0 aliphatic carbocycles. The molecule has 0 aliphatic heterocycles. The smallest absolute Gasteiger partial charge is 0.383 e. The standard InChI is InChI=1S/C9H12F3N5/c1-3-4(2)17-8-5(7(13)14-15-8)6(16-17)9(10,11)12/h4H,3H2,1-2H3,(H3,13,14,15). The predicted octanol–water partition coefficient (Wildman–Crippen LogP) is 2.33. The van der Waals surface area contributed by atoms with Crippen LogP contribution in [-0.2, 0) is 6.18 Å². The molecule has 8 heteroatoms. The molecule has 0 saturated carbocycles. The number of halogens is 3. The summed E-state index contributed by atoms with van der Waals surface area (Å²) in [6.45, 7) is 3.64. The molecule has 0 bridgehead atoms. The normalized spacial score (nSPS) is 14.4. The van der Waals surface area contributed by atoms with Crippen LogP contribution in [0.25, 0.3) is 11.0 Å². The Labute approximate surface area is 94.8 Å². The van der Waals surface area contributed by atoms with Gasteiger partial charge in [-0.25, -0.2) is 4.68 Å². The second kappa shape index (κ2) is 3.64. The molecule has 1 unspecified atom stereocenters. The number of anilines is 1. The van der Waals surface area contributed by atoms with Gasteiger partial charge in [-0.2, -0.15) is 23.4 Å². The molecule has 0 saturated heterocycles. The number of hydrogen-bond acceptors (Lipinski definition) is 3. The molecule has 0 amide bonds. The average Bonchev–Trinajstić information content (AvgIpc) is 2.77. The molecule has 0 aliphatic rings. The van der Waals surface area contributed by atoms with E-state index in [0.29, 0.717) is 6.42 Å². The first kappa shape index (κ1) is 11.7. The van der Waals surface area contributed by atoms with Gasteiger partial charge in [0, 0.05) is 0 Å². The zero-order valence-electron chi connectivity index (χ0n) is 9.34. The van der Waals surface area contributed by atoms with Gasteiger partial charge in [-0.3, -0.25) is 5.10 Å². The Hall–Kier alpha value is -1.73. The SMILES string of the molecule is CCC(C)n1nc(C(F)(F)F)c2c(N)[nH]nc21. The summed E-state index contributed by atoms with van der Waals surface area (Å²) in [6, 6.07) is -0.170. The van der Waals surface area contributed by atoms with Crippen LogP contribution in [0.3, 0.4) is 0 Å². The van der Waals surface area contributed by atoms with Crippen LogP contribution in [0, 0.1) is 0 Å². The molecule has 94 valence electrons. The summed E-state index contributed by atoms with van der Waals surface area (Å²) >= 11 is 0. The maximum Gasteiger partial charge on any atom is 0.435 e. The van der Waals surface area contributed by atoms with Crippen LogP contribution in [0.15, 0.2) is 0 Å². The van der Waals surface area contributed by atoms with Crippen molar-refractivity contribution in [3.63, 3.8) is 0 Å². The number of nitrogens with one attached hydrogen (secondary N) is 1. The van der Waals surface area contributed by atoms with Gasteiger partial charge in [-0.1, -0.05) is 6.92 Å². The topological polar surface area (TPSA) is 72.5 Å². The lowest BCUT2D eigenvalue weighted by molar-refractivity contribution is -0.140. The summed E-state index contributed by atoms with van der Waals surface area (Å²) in [7, 11) is 0. The Kier molecular flexibility index (Phi) is 2.52. The van der Waals surface area contributed by atoms with Crippen LogP contribution in [0.2, 0.25) is 0 Å². The molecule has 2 aromatic heterocycles. The van der Waals surface area contributed by atoms with Crippen molar-refractivity contribution >= 4 is 16.9 Å². The van der Waals surface area contributed by atoms with Gasteiger partial charge in [0.25, 0.3) is 0 Å². The fraction of sp³-hybridized carbons (Fsp3) is 0.556. The summed E-state index contributed by atoms with van der Waals surface area (Å²) in [5.74, 6) is -0.109. The molecule has 2 aromatic rings. The van der Waals surface area contributed by atoms with Gasteiger partial charge in [-0.05, 0) is 13.3 Å². The quantitative estimate of drug-likeness (QED) is 0.855. The third-order valence-corrected chi connectivity index (χ3v) is 2.71. The number of nitrogen functional groups attached to an aromatic ring is 1. The molecular formula is C9H12F3N5. The number of aromatic nitrogens is 4. The predicted molar refractivity (Wildman–Crippen MR) is 56.3 cm³/mol. The van der Waals surface area contributed by atoms with Crippen LogP contribution in [0.1, 0.15) is 32.0 Å². The second-order valence-electron chi connectivity index (χ2n) is 3.88. The maximum absolute atomic E-state index is 12.8. The molecule has 0 radical (unpaired) electrons. The minimum absolute atomic E-state index is 0.109. The van der Waals surface area contributed by atoms with Gasteiger partial charge in [-0.15, -0.1) is 0 Å². The monoisotopic (exact) mass is 247 g/mol. The maximum atomic E-state index is 12.8. The van der Waals surface area contributed by atoms with E-state index < -0.39 is 11.9 Å². The number of nitrogens with zero attached hydrogens (tertiary/aromatic N) is 3. The number of alkyl halides is 3. The molecule has 0 fully saturated rings.